The molecule has 1 aromatic carbocycles. The Balaban J connectivity index is 1.86. The maximum atomic E-state index is 12.7. The zero-order chi connectivity index (χ0) is 17.3. The van der Waals surface area contributed by atoms with Crippen molar-refractivity contribution in [3.8, 4) is 0 Å². The number of benzene rings is 1. The average molecular weight is 383 g/mol. The van der Waals surface area contributed by atoms with Crippen molar-refractivity contribution in [3.05, 3.63) is 43.8 Å². The van der Waals surface area contributed by atoms with Crippen LogP contribution >= 0.6 is 35.6 Å². The van der Waals surface area contributed by atoms with Crippen LogP contribution in [0, 0.1) is 10.1 Å². The average Bonchev–Trinajstić information content (AvgIpc) is 2.83. The van der Waals surface area contributed by atoms with Crippen molar-refractivity contribution in [1.82, 2.24) is 4.90 Å². The number of thiocarbonyl (C=S) groups is 1. The fourth-order valence-electron chi connectivity index (χ4n) is 3.04. The summed E-state index contributed by atoms with van der Waals surface area (Å²) in [5.41, 5.74) is 0.392. The monoisotopic (exact) mass is 382 g/mol. The van der Waals surface area contributed by atoms with Crippen molar-refractivity contribution in [2.45, 2.75) is 38.1 Å². The van der Waals surface area contributed by atoms with E-state index in [2.05, 4.69) is 0 Å². The Morgan fingerprint density at radius 3 is 2.71 bits per heavy atom. The van der Waals surface area contributed by atoms with Gasteiger partial charge in [-0.2, -0.15) is 0 Å². The topological polar surface area (TPSA) is 63.4 Å². The summed E-state index contributed by atoms with van der Waals surface area (Å²) in [6.07, 6.45) is 7.04. The molecule has 1 aliphatic carbocycles. The molecule has 0 spiro atoms. The Bertz CT molecular complexity index is 745. The molecule has 1 aliphatic heterocycles. The minimum atomic E-state index is -0.535. The van der Waals surface area contributed by atoms with E-state index in [4.69, 9.17) is 23.8 Å². The maximum absolute atomic E-state index is 12.7. The zero-order valence-electron chi connectivity index (χ0n) is 12.7. The summed E-state index contributed by atoms with van der Waals surface area (Å²) >= 11 is 12.5. The molecule has 1 heterocycles. The molecule has 1 aromatic rings. The standard InChI is InChI=1S/C16H15ClN2O3S2/c17-12-7-6-10(8-13(12)19(21)22)9-14-15(20)18(16(23)24-14)11-4-2-1-3-5-11/h6-9,11H,1-5H2. The number of nitro benzene ring substituents is 1. The molecule has 2 aliphatic rings. The third kappa shape index (κ3) is 3.48. The van der Waals surface area contributed by atoms with E-state index < -0.39 is 4.92 Å². The Morgan fingerprint density at radius 2 is 2.04 bits per heavy atom. The lowest BCUT2D eigenvalue weighted by Gasteiger charge is -2.29. The normalized spacial score (nSPS) is 20.9. The summed E-state index contributed by atoms with van der Waals surface area (Å²) in [7, 11) is 0. The fourth-order valence-corrected chi connectivity index (χ4v) is 4.63. The first-order valence-corrected chi connectivity index (χ1v) is 9.28. The molecule has 0 aromatic heterocycles. The number of carbonyl (C=O) groups is 1. The molecule has 1 saturated heterocycles. The molecule has 3 rings (SSSR count). The van der Waals surface area contributed by atoms with Crippen LogP contribution in [-0.4, -0.2) is 26.1 Å². The highest BCUT2D eigenvalue weighted by Crippen LogP contribution is 2.37. The van der Waals surface area contributed by atoms with Gasteiger partial charge in [0.25, 0.3) is 11.6 Å². The number of amides is 1. The lowest BCUT2D eigenvalue weighted by atomic mass is 9.94. The molecule has 0 atom stereocenters. The molecular weight excluding hydrogens is 368 g/mol. The number of carbonyl (C=O) groups excluding carboxylic acids is 1. The number of nitro groups is 1. The van der Waals surface area contributed by atoms with Gasteiger partial charge in [0.15, 0.2) is 0 Å². The van der Waals surface area contributed by atoms with Gasteiger partial charge in [-0.25, -0.2) is 0 Å². The van der Waals surface area contributed by atoms with Crippen LogP contribution in [-0.2, 0) is 4.79 Å². The van der Waals surface area contributed by atoms with Crippen molar-refractivity contribution in [2.75, 3.05) is 0 Å². The number of thioether (sulfide) groups is 1. The number of halogens is 1. The second-order valence-corrected chi connectivity index (χ2v) is 7.89. The highest BCUT2D eigenvalue weighted by Gasteiger charge is 2.37. The van der Waals surface area contributed by atoms with Crippen LogP contribution < -0.4 is 0 Å². The van der Waals surface area contributed by atoms with E-state index in [9.17, 15) is 14.9 Å². The van der Waals surface area contributed by atoms with Gasteiger partial charge in [-0.05, 0) is 30.5 Å². The summed E-state index contributed by atoms with van der Waals surface area (Å²) in [6, 6.07) is 4.67. The van der Waals surface area contributed by atoms with Crippen LogP contribution in [0.2, 0.25) is 5.02 Å². The highest BCUT2D eigenvalue weighted by molar-refractivity contribution is 8.26. The Labute approximate surface area is 154 Å². The van der Waals surface area contributed by atoms with Crippen molar-refractivity contribution in [3.63, 3.8) is 0 Å². The summed E-state index contributed by atoms with van der Waals surface area (Å²) < 4.78 is 0.571. The van der Waals surface area contributed by atoms with E-state index in [1.807, 2.05) is 0 Å². The van der Waals surface area contributed by atoms with Gasteiger partial charge in [0.2, 0.25) is 0 Å². The Morgan fingerprint density at radius 1 is 1.33 bits per heavy atom. The Kier molecular flexibility index (Phi) is 5.22. The van der Waals surface area contributed by atoms with Crippen LogP contribution in [0.4, 0.5) is 5.69 Å². The van der Waals surface area contributed by atoms with Gasteiger partial charge in [0, 0.05) is 12.1 Å². The molecule has 1 saturated carbocycles. The fraction of sp³-hybridized carbons (Fsp3) is 0.375. The van der Waals surface area contributed by atoms with Gasteiger partial charge in [-0.1, -0.05) is 60.9 Å². The molecule has 0 unspecified atom stereocenters. The predicted octanol–water partition coefficient (Wildman–Crippen LogP) is 4.78. The summed E-state index contributed by atoms with van der Waals surface area (Å²) in [6.45, 7) is 0. The number of hydrogen-bond donors (Lipinski definition) is 0. The maximum Gasteiger partial charge on any atom is 0.288 e. The lowest BCUT2D eigenvalue weighted by molar-refractivity contribution is -0.384. The number of rotatable bonds is 3. The smallest absolute Gasteiger partial charge is 0.288 e. The minimum Gasteiger partial charge on any atom is -0.290 e. The first-order valence-electron chi connectivity index (χ1n) is 7.68. The zero-order valence-corrected chi connectivity index (χ0v) is 15.1. The third-order valence-electron chi connectivity index (χ3n) is 4.23. The van der Waals surface area contributed by atoms with E-state index in [0.29, 0.717) is 14.8 Å². The Hall–Kier alpha value is -1.44. The molecule has 126 valence electrons. The van der Waals surface area contributed by atoms with E-state index in [-0.39, 0.29) is 22.7 Å². The van der Waals surface area contributed by atoms with E-state index in [0.717, 1.165) is 25.7 Å². The SMILES string of the molecule is O=C1C(=Cc2ccc(Cl)c([N+](=O)[O-])c2)SC(=S)N1C1CCCCC1. The van der Waals surface area contributed by atoms with E-state index in [1.165, 1.54) is 30.3 Å². The molecule has 5 nitrogen and oxygen atoms in total. The van der Waals surface area contributed by atoms with E-state index >= 15 is 0 Å². The molecular formula is C16H15ClN2O3S2. The second-order valence-electron chi connectivity index (χ2n) is 5.81. The van der Waals surface area contributed by atoms with Crippen molar-refractivity contribution >= 4 is 57.6 Å². The van der Waals surface area contributed by atoms with Crippen LogP contribution in [0.3, 0.4) is 0 Å². The molecule has 24 heavy (non-hydrogen) atoms. The van der Waals surface area contributed by atoms with Gasteiger partial charge in [-0.3, -0.25) is 19.8 Å². The molecule has 0 bridgehead atoms. The van der Waals surface area contributed by atoms with Crippen LogP contribution in [0.1, 0.15) is 37.7 Å². The first-order chi connectivity index (χ1) is 11.5. The van der Waals surface area contributed by atoms with Gasteiger partial charge >= 0.3 is 0 Å². The summed E-state index contributed by atoms with van der Waals surface area (Å²) in [5, 5.41) is 11.1. The van der Waals surface area contributed by atoms with Crippen LogP contribution in [0.25, 0.3) is 6.08 Å². The minimum absolute atomic E-state index is 0.0758. The van der Waals surface area contributed by atoms with Gasteiger partial charge in [-0.15, -0.1) is 0 Å². The van der Waals surface area contributed by atoms with Crippen molar-refractivity contribution < 1.29 is 9.72 Å². The largest absolute Gasteiger partial charge is 0.290 e. The molecule has 1 amide bonds. The first kappa shape index (κ1) is 17.4. The summed E-state index contributed by atoms with van der Waals surface area (Å²) in [4.78, 5) is 25.4. The van der Waals surface area contributed by atoms with Crippen LogP contribution in [0.5, 0.6) is 0 Å². The molecule has 0 radical (unpaired) electrons. The second kappa shape index (κ2) is 7.21. The van der Waals surface area contributed by atoms with Gasteiger partial charge < -0.3 is 0 Å². The predicted molar refractivity (Wildman–Crippen MR) is 100.0 cm³/mol. The lowest BCUT2D eigenvalue weighted by Crippen LogP contribution is -2.39. The van der Waals surface area contributed by atoms with Gasteiger partial charge in [0.1, 0.15) is 9.34 Å². The number of hydrogen-bond acceptors (Lipinski definition) is 5. The van der Waals surface area contributed by atoms with Gasteiger partial charge in [0.05, 0.1) is 9.83 Å². The molecule has 8 heteroatoms. The van der Waals surface area contributed by atoms with Crippen molar-refractivity contribution in [1.29, 1.82) is 0 Å². The quantitative estimate of drug-likeness (QED) is 0.325. The molecule has 2 fully saturated rings. The van der Waals surface area contributed by atoms with E-state index in [1.54, 1.807) is 17.0 Å². The third-order valence-corrected chi connectivity index (χ3v) is 5.88. The summed E-state index contributed by atoms with van der Waals surface area (Å²) in [5.74, 6) is -0.102. The number of nitrogens with zero attached hydrogens (tertiary/aromatic N) is 2. The van der Waals surface area contributed by atoms with Crippen LogP contribution in [0.15, 0.2) is 23.1 Å². The molecule has 0 N–H and O–H groups in total. The van der Waals surface area contributed by atoms with Crippen molar-refractivity contribution in [2.24, 2.45) is 0 Å². The highest BCUT2D eigenvalue weighted by atomic mass is 35.5.